The van der Waals surface area contributed by atoms with E-state index in [1.807, 2.05) is 0 Å². The largest absolute Gasteiger partial charge is 0.477 e. The summed E-state index contributed by atoms with van der Waals surface area (Å²) in [5, 5.41) is 8.86. The van der Waals surface area contributed by atoms with Crippen LogP contribution in [0.15, 0.2) is 23.0 Å². The minimum atomic E-state index is -1.36. The highest BCUT2D eigenvalue weighted by Crippen LogP contribution is 2.19. The second-order valence-corrected chi connectivity index (χ2v) is 4.16. The second-order valence-electron chi connectivity index (χ2n) is 4.16. The summed E-state index contributed by atoms with van der Waals surface area (Å²) in [4.78, 5) is 28.7. The van der Waals surface area contributed by atoms with Gasteiger partial charge in [0.05, 0.1) is 11.3 Å². The Morgan fingerprint density at radius 2 is 2.05 bits per heavy atom. The van der Waals surface area contributed by atoms with Gasteiger partial charge in [-0.1, -0.05) is 6.07 Å². The zero-order valence-corrected chi connectivity index (χ0v) is 10.3. The molecule has 0 aliphatic carbocycles. The molecule has 1 heterocycles. The van der Waals surface area contributed by atoms with Crippen LogP contribution in [0.3, 0.4) is 0 Å². The molecule has 5 nitrogen and oxygen atoms in total. The monoisotopic (exact) mass is 262 g/mol. The number of benzene rings is 1. The van der Waals surface area contributed by atoms with Gasteiger partial charge >= 0.3 is 5.97 Å². The van der Waals surface area contributed by atoms with E-state index in [1.165, 1.54) is 19.1 Å². The van der Waals surface area contributed by atoms with E-state index in [-0.39, 0.29) is 17.1 Å². The molecule has 0 fully saturated rings. The third-order valence-corrected chi connectivity index (χ3v) is 2.69. The number of halogens is 1. The Bertz CT molecular complexity index is 722. The van der Waals surface area contributed by atoms with Gasteiger partial charge in [0, 0.05) is 0 Å². The van der Waals surface area contributed by atoms with Crippen LogP contribution in [-0.4, -0.2) is 21.0 Å². The molecular weight excluding hydrogens is 251 g/mol. The summed E-state index contributed by atoms with van der Waals surface area (Å²) in [7, 11) is 0. The molecule has 0 unspecified atom stereocenters. The first-order valence-electron chi connectivity index (χ1n) is 5.51. The van der Waals surface area contributed by atoms with Crippen molar-refractivity contribution in [2.24, 2.45) is 0 Å². The Labute approximate surface area is 107 Å². The fraction of sp³-hybridized carbons (Fsp3) is 0.154. The second kappa shape index (κ2) is 4.64. The van der Waals surface area contributed by atoms with Gasteiger partial charge in [0.25, 0.3) is 5.56 Å². The van der Waals surface area contributed by atoms with Crippen LogP contribution in [-0.2, 0) is 0 Å². The molecule has 0 atom stereocenters. The third-order valence-electron chi connectivity index (χ3n) is 2.69. The van der Waals surface area contributed by atoms with Gasteiger partial charge in [-0.15, -0.1) is 0 Å². The molecular formula is C13H11FN2O3. The predicted octanol–water partition coefficient (Wildman–Crippen LogP) is 1.89. The highest BCUT2D eigenvalue weighted by atomic mass is 19.1. The smallest absolute Gasteiger partial charge is 0.343 e. The van der Waals surface area contributed by atoms with Crippen LogP contribution in [0.25, 0.3) is 11.4 Å². The van der Waals surface area contributed by atoms with E-state index in [2.05, 4.69) is 9.97 Å². The number of hydrogen-bond acceptors (Lipinski definition) is 3. The maximum atomic E-state index is 13.8. The van der Waals surface area contributed by atoms with E-state index in [0.717, 1.165) is 5.56 Å². The Kier molecular flexibility index (Phi) is 3.16. The van der Waals surface area contributed by atoms with Crippen LogP contribution < -0.4 is 5.56 Å². The van der Waals surface area contributed by atoms with Crippen molar-refractivity contribution < 1.29 is 14.3 Å². The minimum Gasteiger partial charge on any atom is -0.477 e. The van der Waals surface area contributed by atoms with E-state index in [4.69, 9.17) is 5.11 Å². The fourth-order valence-corrected chi connectivity index (χ4v) is 1.78. The molecule has 0 radical (unpaired) electrons. The maximum absolute atomic E-state index is 13.8. The number of nitrogens with one attached hydrogen (secondary N) is 1. The number of H-pyrrole nitrogens is 1. The summed E-state index contributed by atoms with van der Waals surface area (Å²) in [5.74, 6) is -1.86. The molecule has 2 rings (SSSR count). The SMILES string of the molecule is Cc1ccc(-c2nc(C)c(C(=O)O)c(=O)[nH]2)c(F)c1. The van der Waals surface area contributed by atoms with E-state index in [1.54, 1.807) is 13.0 Å². The molecule has 0 saturated heterocycles. The third kappa shape index (κ3) is 2.37. The molecule has 2 N–H and O–H groups in total. The molecule has 0 bridgehead atoms. The van der Waals surface area contributed by atoms with Crippen LogP contribution in [0.5, 0.6) is 0 Å². The zero-order valence-electron chi connectivity index (χ0n) is 10.3. The lowest BCUT2D eigenvalue weighted by molar-refractivity contribution is 0.0693. The summed E-state index contributed by atoms with van der Waals surface area (Å²) in [6, 6.07) is 4.48. The average Bonchev–Trinajstić information content (AvgIpc) is 2.26. The van der Waals surface area contributed by atoms with Crippen LogP contribution >= 0.6 is 0 Å². The number of carboxylic acids is 1. The van der Waals surface area contributed by atoms with Crippen molar-refractivity contribution in [1.82, 2.24) is 9.97 Å². The molecule has 0 aliphatic heterocycles. The molecule has 6 heteroatoms. The molecule has 2 aromatic rings. The van der Waals surface area contributed by atoms with Crippen molar-refractivity contribution in [3.8, 4) is 11.4 Å². The summed E-state index contributed by atoms with van der Waals surface area (Å²) in [6.07, 6.45) is 0. The number of aromatic amines is 1. The van der Waals surface area contributed by atoms with Crippen molar-refractivity contribution in [1.29, 1.82) is 0 Å². The van der Waals surface area contributed by atoms with Crippen molar-refractivity contribution in [2.45, 2.75) is 13.8 Å². The number of aryl methyl sites for hydroxylation is 2. The molecule has 98 valence electrons. The molecule has 0 aliphatic rings. The first-order valence-corrected chi connectivity index (χ1v) is 5.51. The Morgan fingerprint density at radius 1 is 1.37 bits per heavy atom. The first-order chi connectivity index (χ1) is 8.90. The zero-order chi connectivity index (χ0) is 14.2. The average molecular weight is 262 g/mol. The van der Waals surface area contributed by atoms with Crippen LogP contribution in [0, 0.1) is 19.7 Å². The van der Waals surface area contributed by atoms with Crippen molar-refractivity contribution in [3.63, 3.8) is 0 Å². The number of aromatic carboxylic acids is 1. The van der Waals surface area contributed by atoms with Gasteiger partial charge in [0.1, 0.15) is 17.2 Å². The van der Waals surface area contributed by atoms with E-state index < -0.39 is 22.9 Å². The quantitative estimate of drug-likeness (QED) is 0.865. The summed E-state index contributed by atoms with van der Waals surface area (Å²) in [5.41, 5.74) is -0.317. The lowest BCUT2D eigenvalue weighted by Crippen LogP contribution is -2.21. The Hall–Kier alpha value is -2.50. The van der Waals surface area contributed by atoms with Crippen LogP contribution in [0.1, 0.15) is 21.6 Å². The van der Waals surface area contributed by atoms with Crippen molar-refractivity contribution in [3.05, 3.63) is 51.2 Å². The van der Waals surface area contributed by atoms with E-state index in [9.17, 15) is 14.0 Å². The number of aromatic nitrogens is 2. The first kappa shape index (κ1) is 12.9. The normalized spacial score (nSPS) is 10.5. The van der Waals surface area contributed by atoms with Crippen molar-refractivity contribution >= 4 is 5.97 Å². The van der Waals surface area contributed by atoms with Crippen molar-refractivity contribution in [2.75, 3.05) is 0 Å². The Morgan fingerprint density at radius 3 is 2.58 bits per heavy atom. The molecule has 0 spiro atoms. The van der Waals surface area contributed by atoms with E-state index in [0.29, 0.717) is 0 Å². The lowest BCUT2D eigenvalue weighted by Gasteiger charge is -2.06. The van der Waals surface area contributed by atoms with E-state index >= 15 is 0 Å². The van der Waals surface area contributed by atoms with Gasteiger partial charge in [-0.3, -0.25) is 4.79 Å². The van der Waals surface area contributed by atoms with Gasteiger partial charge < -0.3 is 10.1 Å². The number of hydrogen-bond donors (Lipinski definition) is 2. The van der Waals surface area contributed by atoms with Gasteiger partial charge in [0.2, 0.25) is 0 Å². The molecule has 1 aromatic heterocycles. The lowest BCUT2D eigenvalue weighted by atomic mass is 10.1. The maximum Gasteiger partial charge on any atom is 0.343 e. The number of carbonyl (C=O) groups is 1. The minimum absolute atomic E-state index is 0.0185. The molecule has 0 saturated carbocycles. The van der Waals surface area contributed by atoms with Crippen LogP contribution in [0.4, 0.5) is 4.39 Å². The predicted molar refractivity (Wildman–Crippen MR) is 66.7 cm³/mol. The standard InChI is InChI=1S/C13H11FN2O3/c1-6-3-4-8(9(14)5-6)11-15-7(2)10(13(18)19)12(17)16-11/h3-5H,1-2H3,(H,18,19)(H,15,16,17). The van der Waals surface area contributed by atoms with Gasteiger partial charge in [-0.25, -0.2) is 14.2 Å². The number of rotatable bonds is 2. The molecule has 19 heavy (non-hydrogen) atoms. The fourth-order valence-electron chi connectivity index (χ4n) is 1.78. The van der Waals surface area contributed by atoms with Gasteiger partial charge in [0.15, 0.2) is 0 Å². The highest BCUT2D eigenvalue weighted by Gasteiger charge is 2.16. The number of nitrogens with zero attached hydrogens (tertiary/aromatic N) is 1. The summed E-state index contributed by atoms with van der Waals surface area (Å²) < 4.78 is 13.8. The highest BCUT2D eigenvalue weighted by molar-refractivity contribution is 5.88. The van der Waals surface area contributed by atoms with Crippen LogP contribution in [0.2, 0.25) is 0 Å². The van der Waals surface area contributed by atoms with Gasteiger partial charge in [-0.05, 0) is 31.5 Å². The topological polar surface area (TPSA) is 83.0 Å². The van der Waals surface area contributed by atoms with Gasteiger partial charge in [-0.2, -0.15) is 0 Å². The molecule has 0 amide bonds. The summed E-state index contributed by atoms with van der Waals surface area (Å²) in [6.45, 7) is 3.14. The Balaban J connectivity index is 2.65. The summed E-state index contributed by atoms with van der Waals surface area (Å²) >= 11 is 0. The number of carboxylic acid groups (broad SMARTS) is 1. The molecule has 1 aromatic carbocycles.